The number of aromatic nitrogens is 4. The van der Waals surface area contributed by atoms with Crippen molar-refractivity contribution in [1.82, 2.24) is 19.9 Å². The van der Waals surface area contributed by atoms with Crippen LogP contribution in [0.1, 0.15) is 5.56 Å². The summed E-state index contributed by atoms with van der Waals surface area (Å²) in [4.78, 5) is 15.6. The molecule has 0 atom stereocenters. The van der Waals surface area contributed by atoms with Gasteiger partial charge < -0.3 is 10.3 Å². The van der Waals surface area contributed by atoms with Crippen molar-refractivity contribution in [3.8, 4) is 0 Å². The summed E-state index contributed by atoms with van der Waals surface area (Å²) >= 11 is 3.25. The van der Waals surface area contributed by atoms with E-state index in [1.807, 2.05) is 18.3 Å². The second-order valence-electron chi connectivity index (χ2n) is 4.04. The summed E-state index contributed by atoms with van der Waals surface area (Å²) in [6, 6.07) is 3.89. The van der Waals surface area contributed by atoms with Gasteiger partial charge >= 0.3 is 0 Å². The first kappa shape index (κ1) is 12.7. The predicted octanol–water partition coefficient (Wildman–Crippen LogP) is 3.39. The Morgan fingerprint density at radius 2 is 2.30 bits per heavy atom. The minimum atomic E-state index is 0.256. The van der Waals surface area contributed by atoms with Gasteiger partial charge in [0.25, 0.3) is 0 Å². The van der Waals surface area contributed by atoms with Crippen LogP contribution in [0.5, 0.6) is 0 Å². The molecular formula is C12H10BrN7. The van der Waals surface area contributed by atoms with Crippen molar-refractivity contribution in [1.29, 1.82) is 5.53 Å². The van der Waals surface area contributed by atoms with Gasteiger partial charge in [-0.05, 0) is 33.6 Å². The molecule has 0 aliphatic carbocycles. The molecule has 0 aliphatic rings. The van der Waals surface area contributed by atoms with Crippen molar-refractivity contribution >= 4 is 38.6 Å². The molecule has 3 heterocycles. The number of H-pyrrole nitrogens is 1. The van der Waals surface area contributed by atoms with Gasteiger partial charge in [0, 0.05) is 24.3 Å². The zero-order valence-electron chi connectivity index (χ0n) is 10.3. The Kier molecular flexibility index (Phi) is 3.38. The average molecular weight is 332 g/mol. The van der Waals surface area contributed by atoms with E-state index in [1.54, 1.807) is 6.20 Å². The van der Waals surface area contributed by atoms with Gasteiger partial charge in [0.15, 0.2) is 5.82 Å². The van der Waals surface area contributed by atoms with E-state index in [0.717, 1.165) is 16.6 Å². The van der Waals surface area contributed by atoms with Gasteiger partial charge in [-0.25, -0.2) is 20.5 Å². The number of nitrogens with zero attached hydrogens (tertiary/aromatic N) is 4. The first-order valence-electron chi connectivity index (χ1n) is 5.83. The van der Waals surface area contributed by atoms with Crippen molar-refractivity contribution in [3.63, 3.8) is 0 Å². The Morgan fingerprint density at radius 1 is 1.40 bits per heavy atom. The number of hydrogen-bond donors (Lipinski definition) is 3. The molecule has 20 heavy (non-hydrogen) atoms. The second kappa shape index (κ2) is 5.33. The summed E-state index contributed by atoms with van der Waals surface area (Å²) in [5.41, 5.74) is 8.99. The van der Waals surface area contributed by atoms with Crippen LogP contribution in [0.3, 0.4) is 0 Å². The van der Waals surface area contributed by atoms with Gasteiger partial charge in [-0.1, -0.05) is 0 Å². The fourth-order valence-corrected chi connectivity index (χ4v) is 2.18. The number of halogens is 1. The van der Waals surface area contributed by atoms with Gasteiger partial charge in [-0.3, -0.25) is 0 Å². The molecule has 3 N–H and O–H groups in total. The van der Waals surface area contributed by atoms with E-state index in [1.165, 1.54) is 6.20 Å². The second-order valence-corrected chi connectivity index (χ2v) is 4.86. The van der Waals surface area contributed by atoms with Crippen molar-refractivity contribution in [3.05, 3.63) is 40.9 Å². The lowest BCUT2D eigenvalue weighted by molar-refractivity contribution is 1.03. The van der Waals surface area contributed by atoms with Crippen molar-refractivity contribution in [2.24, 2.45) is 5.11 Å². The molecule has 0 radical (unpaired) electrons. The van der Waals surface area contributed by atoms with Gasteiger partial charge in [-0.15, -0.1) is 5.11 Å². The molecule has 0 aromatic carbocycles. The lowest BCUT2D eigenvalue weighted by Crippen LogP contribution is -2.02. The molecule has 7 nitrogen and oxygen atoms in total. The predicted molar refractivity (Wildman–Crippen MR) is 78.0 cm³/mol. The lowest BCUT2D eigenvalue weighted by Gasteiger charge is -2.06. The van der Waals surface area contributed by atoms with Crippen LogP contribution in [0.4, 0.5) is 11.6 Å². The third kappa shape index (κ3) is 2.37. The Morgan fingerprint density at radius 3 is 3.15 bits per heavy atom. The van der Waals surface area contributed by atoms with Crippen LogP contribution in [-0.2, 0) is 6.54 Å². The highest BCUT2D eigenvalue weighted by atomic mass is 79.9. The summed E-state index contributed by atoms with van der Waals surface area (Å²) in [5, 5.41) is 7.53. The SMILES string of the molecule is N=Nc1ncc(Br)nc1NCc1c[nH]c2ncccc12. The monoisotopic (exact) mass is 331 g/mol. The van der Waals surface area contributed by atoms with Gasteiger partial charge in [0.05, 0.1) is 6.20 Å². The van der Waals surface area contributed by atoms with Crippen molar-refractivity contribution < 1.29 is 0 Å². The molecule has 3 rings (SSSR count). The van der Waals surface area contributed by atoms with Crippen molar-refractivity contribution in [2.45, 2.75) is 6.54 Å². The minimum absolute atomic E-state index is 0.256. The molecule has 0 spiro atoms. The molecule has 0 bridgehead atoms. The average Bonchev–Trinajstić information content (AvgIpc) is 2.88. The van der Waals surface area contributed by atoms with Crippen LogP contribution in [0.15, 0.2) is 40.4 Å². The number of anilines is 1. The fourth-order valence-electron chi connectivity index (χ4n) is 1.90. The molecule has 8 heteroatoms. The molecule has 0 unspecified atom stereocenters. The maximum atomic E-state index is 7.09. The highest BCUT2D eigenvalue weighted by molar-refractivity contribution is 9.10. The number of nitrogens with one attached hydrogen (secondary N) is 3. The minimum Gasteiger partial charge on any atom is -0.363 e. The van der Waals surface area contributed by atoms with Crippen LogP contribution >= 0.6 is 15.9 Å². The van der Waals surface area contributed by atoms with Crippen LogP contribution in [0.25, 0.3) is 11.0 Å². The fraction of sp³-hybridized carbons (Fsp3) is 0.0833. The largest absolute Gasteiger partial charge is 0.363 e. The van der Waals surface area contributed by atoms with Crippen LogP contribution in [-0.4, -0.2) is 19.9 Å². The Hall–Kier alpha value is -2.35. The van der Waals surface area contributed by atoms with E-state index >= 15 is 0 Å². The first-order chi connectivity index (χ1) is 9.78. The molecule has 3 aromatic rings. The third-order valence-electron chi connectivity index (χ3n) is 2.81. The van der Waals surface area contributed by atoms with E-state index in [0.29, 0.717) is 17.0 Å². The lowest BCUT2D eigenvalue weighted by atomic mass is 10.2. The molecule has 3 aromatic heterocycles. The Bertz CT molecular complexity index is 767. The summed E-state index contributed by atoms with van der Waals surface area (Å²) in [7, 11) is 0. The summed E-state index contributed by atoms with van der Waals surface area (Å²) in [6.07, 6.45) is 5.15. The van der Waals surface area contributed by atoms with Crippen LogP contribution in [0.2, 0.25) is 0 Å². The standard InChI is InChI=1S/C12H10BrN7/c13-9-6-18-12(20-14)11(19-9)17-5-7-4-16-10-8(7)2-1-3-15-10/h1-4,6,14H,5H2,(H,15,16)(H,17,19). The third-order valence-corrected chi connectivity index (χ3v) is 3.19. The van der Waals surface area contributed by atoms with Crippen LogP contribution < -0.4 is 5.32 Å². The smallest absolute Gasteiger partial charge is 0.216 e. The molecule has 100 valence electrons. The van der Waals surface area contributed by atoms with Gasteiger partial charge in [0.1, 0.15) is 10.3 Å². The Labute approximate surface area is 122 Å². The van der Waals surface area contributed by atoms with Crippen LogP contribution in [0, 0.1) is 5.53 Å². The molecular weight excluding hydrogens is 322 g/mol. The van der Waals surface area contributed by atoms with E-state index in [2.05, 4.69) is 46.3 Å². The molecule has 0 aliphatic heterocycles. The molecule has 0 fully saturated rings. The van der Waals surface area contributed by atoms with Gasteiger partial charge in [-0.2, -0.15) is 0 Å². The summed E-state index contributed by atoms with van der Waals surface area (Å²) < 4.78 is 0.591. The zero-order chi connectivity index (χ0) is 13.9. The Balaban J connectivity index is 1.86. The quantitative estimate of drug-likeness (QED) is 0.637. The normalized spacial score (nSPS) is 10.7. The summed E-state index contributed by atoms with van der Waals surface area (Å²) in [5.74, 6) is 0.721. The van der Waals surface area contributed by atoms with Gasteiger partial charge in [0.2, 0.25) is 5.82 Å². The molecule has 0 saturated heterocycles. The maximum absolute atomic E-state index is 7.09. The topological polar surface area (TPSA) is 103 Å². The van der Waals surface area contributed by atoms with E-state index < -0.39 is 0 Å². The maximum Gasteiger partial charge on any atom is 0.216 e. The van der Waals surface area contributed by atoms with Crippen molar-refractivity contribution in [2.75, 3.05) is 5.32 Å². The van der Waals surface area contributed by atoms with E-state index in [9.17, 15) is 0 Å². The number of hydrogen-bond acceptors (Lipinski definition) is 6. The first-order valence-corrected chi connectivity index (χ1v) is 6.62. The van der Waals surface area contributed by atoms with E-state index in [-0.39, 0.29) is 5.82 Å². The number of fused-ring (bicyclic) bond motifs is 1. The highest BCUT2D eigenvalue weighted by Crippen LogP contribution is 2.23. The number of rotatable bonds is 4. The highest BCUT2D eigenvalue weighted by Gasteiger charge is 2.08. The van der Waals surface area contributed by atoms with E-state index in [4.69, 9.17) is 5.53 Å². The number of pyridine rings is 1. The zero-order valence-corrected chi connectivity index (χ0v) is 11.8. The summed E-state index contributed by atoms with van der Waals surface area (Å²) in [6.45, 7) is 0.541. The molecule has 0 amide bonds. The molecule has 0 saturated carbocycles. The number of aromatic amines is 1.